The number of hydrogen-bond acceptors (Lipinski definition) is 6. The van der Waals surface area contributed by atoms with Crippen LogP contribution in [0.4, 0.5) is 0 Å². The Morgan fingerprint density at radius 1 is 0.970 bits per heavy atom. The van der Waals surface area contributed by atoms with Crippen molar-refractivity contribution in [3.8, 4) is 0 Å². The van der Waals surface area contributed by atoms with Crippen LogP contribution in [0, 0.1) is 0 Å². The van der Waals surface area contributed by atoms with Crippen LogP contribution >= 0.6 is 11.3 Å². The molecule has 7 nitrogen and oxygen atoms in total. The Labute approximate surface area is 193 Å². The Morgan fingerprint density at radius 2 is 1.70 bits per heavy atom. The zero-order valence-corrected chi connectivity index (χ0v) is 19.1. The molecule has 5 aromatic rings. The second-order valence-electron chi connectivity index (χ2n) is 7.42. The number of ether oxygens (including phenoxy) is 1. The number of aromatic nitrogens is 2. The van der Waals surface area contributed by atoms with E-state index >= 15 is 0 Å². The normalized spacial score (nSPS) is 11.8. The van der Waals surface area contributed by atoms with E-state index in [0.29, 0.717) is 27.7 Å². The van der Waals surface area contributed by atoms with Crippen molar-refractivity contribution < 1.29 is 17.9 Å². The van der Waals surface area contributed by atoms with Crippen molar-refractivity contribution in [1.82, 2.24) is 8.54 Å². The highest BCUT2D eigenvalue weighted by Crippen LogP contribution is 2.29. The van der Waals surface area contributed by atoms with Gasteiger partial charge in [0.1, 0.15) is 0 Å². The molecule has 2 heterocycles. The molecule has 0 bridgehead atoms. The lowest BCUT2D eigenvalue weighted by Gasteiger charge is -2.08. The SMILES string of the molecule is COC(=O)c1cn(S(=O)(=O)c2ccc3c(c2)sc(=O)n3Cc2ccccc2)c2ccccc12. The first-order chi connectivity index (χ1) is 15.9. The molecule has 3 aromatic carbocycles. The van der Waals surface area contributed by atoms with E-state index in [1.165, 1.54) is 25.4 Å². The van der Waals surface area contributed by atoms with Crippen LogP contribution in [0.1, 0.15) is 15.9 Å². The minimum absolute atomic E-state index is 0.0280. The van der Waals surface area contributed by atoms with E-state index in [1.807, 2.05) is 30.3 Å². The van der Waals surface area contributed by atoms with Gasteiger partial charge < -0.3 is 4.74 Å². The van der Waals surface area contributed by atoms with Crippen molar-refractivity contribution in [2.45, 2.75) is 11.4 Å². The lowest BCUT2D eigenvalue weighted by atomic mass is 10.2. The quantitative estimate of drug-likeness (QED) is 0.355. The maximum atomic E-state index is 13.5. The number of benzene rings is 3. The Bertz CT molecular complexity index is 1680. The Kier molecular flexibility index (Phi) is 5.15. The molecule has 0 N–H and O–H groups in total. The second-order valence-corrected chi connectivity index (χ2v) is 10.2. The Morgan fingerprint density at radius 3 is 2.45 bits per heavy atom. The smallest absolute Gasteiger partial charge is 0.340 e. The predicted molar refractivity (Wildman–Crippen MR) is 127 cm³/mol. The highest BCUT2D eigenvalue weighted by atomic mass is 32.2. The fourth-order valence-corrected chi connectivity index (χ4v) is 6.26. The Hall–Kier alpha value is -3.69. The number of nitrogens with zero attached hydrogens (tertiary/aromatic N) is 2. The molecule has 0 aliphatic heterocycles. The summed E-state index contributed by atoms with van der Waals surface area (Å²) in [4.78, 5) is 24.7. The summed E-state index contributed by atoms with van der Waals surface area (Å²) in [5.41, 5.74) is 2.18. The van der Waals surface area contributed by atoms with Gasteiger partial charge in [-0.05, 0) is 29.8 Å². The third-order valence-electron chi connectivity index (χ3n) is 5.46. The van der Waals surface area contributed by atoms with E-state index in [-0.39, 0.29) is 15.3 Å². The van der Waals surface area contributed by atoms with Crippen LogP contribution in [0.3, 0.4) is 0 Å². The van der Waals surface area contributed by atoms with E-state index in [2.05, 4.69) is 0 Å². The van der Waals surface area contributed by atoms with Gasteiger partial charge in [-0.2, -0.15) is 0 Å². The number of hydrogen-bond donors (Lipinski definition) is 0. The van der Waals surface area contributed by atoms with Gasteiger partial charge in [0.15, 0.2) is 0 Å². The molecule has 166 valence electrons. The number of fused-ring (bicyclic) bond motifs is 2. The van der Waals surface area contributed by atoms with Crippen molar-refractivity contribution >= 4 is 48.4 Å². The van der Waals surface area contributed by atoms with Crippen LogP contribution in [0.15, 0.2) is 88.7 Å². The lowest BCUT2D eigenvalue weighted by Crippen LogP contribution is -2.14. The number of rotatable bonds is 5. The number of carbonyl (C=O) groups excluding carboxylic acids is 1. The first-order valence-electron chi connectivity index (χ1n) is 10.0. The molecule has 0 aliphatic rings. The minimum atomic E-state index is -4.04. The van der Waals surface area contributed by atoms with Gasteiger partial charge in [0.25, 0.3) is 10.0 Å². The van der Waals surface area contributed by atoms with Crippen LogP contribution in [0.2, 0.25) is 0 Å². The molecule has 0 saturated heterocycles. The molecule has 0 aliphatic carbocycles. The largest absolute Gasteiger partial charge is 0.465 e. The van der Waals surface area contributed by atoms with Gasteiger partial charge in [-0.3, -0.25) is 9.36 Å². The van der Waals surface area contributed by atoms with Gasteiger partial charge in [0, 0.05) is 11.6 Å². The summed E-state index contributed by atoms with van der Waals surface area (Å²) in [7, 11) is -2.79. The summed E-state index contributed by atoms with van der Waals surface area (Å²) >= 11 is 1.00. The Balaban J connectivity index is 1.63. The number of thiazole rings is 1. The van der Waals surface area contributed by atoms with E-state index in [9.17, 15) is 18.0 Å². The molecule has 0 unspecified atom stereocenters. The van der Waals surface area contributed by atoms with E-state index < -0.39 is 16.0 Å². The van der Waals surface area contributed by atoms with Gasteiger partial charge in [-0.1, -0.05) is 59.9 Å². The monoisotopic (exact) mass is 478 g/mol. The van der Waals surface area contributed by atoms with E-state index in [0.717, 1.165) is 20.9 Å². The van der Waals surface area contributed by atoms with Crippen LogP contribution in [-0.4, -0.2) is 30.0 Å². The summed E-state index contributed by atoms with van der Waals surface area (Å²) in [6.45, 7) is 0.399. The molecule has 0 radical (unpaired) electrons. The van der Waals surface area contributed by atoms with Crippen molar-refractivity contribution in [3.63, 3.8) is 0 Å². The summed E-state index contributed by atoms with van der Waals surface area (Å²) in [5, 5.41) is 0.479. The molecule has 0 amide bonds. The fourth-order valence-electron chi connectivity index (χ4n) is 3.86. The average molecular weight is 479 g/mol. The zero-order valence-electron chi connectivity index (χ0n) is 17.5. The highest BCUT2D eigenvalue weighted by Gasteiger charge is 2.25. The molecule has 0 fully saturated rings. The molecule has 33 heavy (non-hydrogen) atoms. The third-order valence-corrected chi connectivity index (χ3v) is 8.07. The molecule has 2 aromatic heterocycles. The number of carbonyl (C=O) groups is 1. The first-order valence-corrected chi connectivity index (χ1v) is 12.3. The zero-order chi connectivity index (χ0) is 23.2. The predicted octanol–water partition coefficient (Wildman–Crippen LogP) is 4.09. The maximum Gasteiger partial charge on any atom is 0.340 e. The van der Waals surface area contributed by atoms with E-state index in [4.69, 9.17) is 4.74 Å². The van der Waals surface area contributed by atoms with E-state index in [1.54, 1.807) is 34.9 Å². The maximum absolute atomic E-state index is 13.5. The standard InChI is InChI=1S/C24H18N2O5S2/c1-31-23(27)19-15-26(20-10-6-5-9-18(19)20)33(29,30)17-11-12-21-22(13-17)32-24(28)25(21)14-16-7-3-2-4-8-16/h2-13,15H,14H2,1H3. The summed E-state index contributed by atoms with van der Waals surface area (Å²) in [6, 6.07) is 21.0. The van der Waals surface area contributed by atoms with Gasteiger partial charge in [-0.25, -0.2) is 17.2 Å². The summed E-state index contributed by atoms with van der Waals surface area (Å²) < 4.78 is 35.2. The molecular formula is C24H18N2O5S2. The number of esters is 1. The van der Waals surface area contributed by atoms with Crippen LogP contribution in [0.5, 0.6) is 0 Å². The van der Waals surface area contributed by atoms with Gasteiger partial charge in [0.2, 0.25) is 0 Å². The fraction of sp³-hybridized carbons (Fsp3) is 0.0833. The topological polar surface area (TPSA) is 87.4 Å². The number of methoxy groups -OCH3 is 1. The first kappa shape index (κ1) is 21.2. The molecule has 5 rings (SSSR count). The average Bonchev–Trinajstić information content (AvgIpc) is 3.37. The second kappa shape index (κ2) is 8.02. The number of para-hydroxylation sites is 1. The van der Waals surface area contributed by atoms with Gasteiger partial charge in [0.05, 0.1) is 39.8 Å². The third kappa shape index (κ3) is 3.55. The lowest BCUT2D eigenvalue weighted by molar-refractivity contribution is 0.0603. The molecule has 0 atom stereocenters. The summed E-state index contributed by atoms with van der Waals surface area (Å²) in [5.74, 6) is -0.619. The van der Waals surface area contributed by atoms with Crippen molar-refractivity contribution in [2.24, 2.45) is 0 Å². The van der Waals surface area contributed by atoms with Crippen molar-refractivity contribution in [3.05, 3.63) is 99.8 Å². The van der Waals surface area contributed by atoms with Crippen molar-refractivity contribution in [1.29, 1.82) is 0 Å². The van der Waals surface area contributed by atoms with Crippen molar-refractivity contribution in [2.75, 3.05) is 7.11 Å². The molecule has 9 heteroatoms. The van der Waals surface area contributed by atoms with Gasteiger partial charge in [-0.15, -0.1) is 0 Å². The van der Waals surface area contributed by atoms with Crippen LogP contribution in [-0.2, 0) is 21.3 Å². The van der Waals surface area contributed by atoms with Crippen LogP contribution < -0.4 is 4.87 Å². The molecule has 0 spiro atoms. The minimum Gasteiger partial charge on any atom is -0.465 e. The van der Waals surface area contributed by atoms with Gasteiger partial charge >= 0.3 is 10.8 Å². The summed E-state index contributed by atoms with van der Waals surface area (Å²) in [6.07, 6.45) is 1.28. The molecule has 0 saturated carbocycles. The van der Waals surface area contributed by atoms with Crippen LogP contribution in [0.25, 0.3) is 21.1 Å². The highest BCUT2D eigenvalue weighted by molar-refractivity contribution is 7.90. The molecular weight excluding hydrogens is 460 g/mol.